The second-order valence-electron chi connectivity index (χ2n) is 6.49. The summed E-state index contributed by atoms with van der Waals surface area (Å²) in [7, 11) is 0. The molecule has 0 aromatic heterocycles. The summed E-state index contributed by atoms with van der Waals surface area (Å²) >= 11 is 0. The van der Waals surface area contributed by atoms with Crippen LogP contribution < -0.4 is 0 Å². The van der Waals surface area contributed by atoms with Gasteiger partial charge in [-0.05, 0) is 31.5 Å². The minimum absolute atomic E-state index is 0.105. The summed E-state index contributed by atoms with van der Waals surface area (Å²) in [5.74, 6) is 0. The molecule has 1 N–H and O–H groups in total. The first kappa shape index (κ1) is 14.5. The van der Waals surface area contributed by atoms with E-state index in [1.54, 1.807) is 0 Å². The van der Waals surface area contributed by atoms with E-state index in [0.717, 1.165) is 12.1 Å². The van der Waals surface area contributed by atoms with Crippen molar-refractivity contribution in [1.82, 2.24) is 4.90 Å². The number of nitrogens with zero attached hydrogens (tertiary/aromatic N) is 1. The Kier molecular flexibility index (Phi) is 5.00. The van der Waals surface area contributed by atoms with Crippen molar-refractivity contribution in [3.8, 4) is 0 Å². The zero-order chi connectivity index (χ0) is 13.7. The SMILES string of the molecule is CC(C)(CN1CCCCCC1)C(O)c1ccccc1. The summed E-state index contributed by atoms with van der Waals surface area (Å²) in [5.41, 5.74) is 0.924. The van der Waals surface area contributed by atoms with Crippen LogP contribution >= 0.6 is 0 Å². The van der Waals surface area contributed by atoms with E-state index in [-0.39, 0.29) is 5.41 Å². The monoisotopic (exact) mass is 261 g/mol. The lowest BCUT2D eigenvalue weighted by Gasteiger charge is -2.36. The maximum Gasteiger partial charge on any atom is 0.0853 e. The first-order valence-electron chi connectivity index (χ1n) is 7.55. The predicted molar refractivity (Wildman–Crippen MR) is 80.1 cm³/mol. The minimum Gasteiger partial charge on any atom is -0.388 e. The Hall–Kier alpha value is -0.860. The van der Waals surface area contributed by atoms with Gasteiger partial charge >= 0.3 is 0 Å². The van der Waals surface area contributed by atoms with Crippen molar-refractivity contribution in [3.63, 3.8) is 0 Å². The average molecular weight is 261 g/mol. The Balaban J connectivity index is 2.00. The molecule has 1 aromatic rings. The minimum atomic E-state index is -0.392. The van der Waals surface area contributed by atoms with Crippen LogP contribution in [-0.2, 0) is 0 Å². The Bertz CT molecular complexity index is 366. The second kappa shape index (κ2) is 6.53. The summed E-state index contributed by atoms with van der Waals surface area (Å²) in [6.07, 6.45) is 4.93. The molecule has 0 bridgehead atoms. The van der Waals surface area contributed by atoms with Crippen LogP contribution in [0.4, 0.5) is 0 Å². The molecular weight excluding hydrogens is 234 g/mol. The Morgan fingerprint density at radius 2 is 1.63 bits per heavy atom. The maximum atomic E-state index is 10.6. The lowest BCUT2D eigenvalue weighted by molar-refractivity contribution is 0.0209. The molecule has 1 saturated heterocycles. The number of hydrogen-bond donors (Lipinski definition) is 1. The van der Waals surface area contributed by atoms with Gasteiger partial charge in [-0.2, -0.15) is 0 Å². The summed E-state index contributed by atoms with van der Waals surface area (Å²) in [4.78, 5) is 2.53. The van der Waals surface area contributed by atoms with E-state index >= 15 is 0 Å². The van der Waals surface area contributed by atoms with Gasteiger partial charge in [0.1, 0.15) is 0 Å². The van der Waals surface area contributed by atoms with Gasteiger partial charge in [0.05, 0.1) is 6.10 Å². The van der Waals surface area contributed by atoms with Crippen molar-refractivity contribution in [3.05, 3.63) is 35.9 Å². The molecule has 19 heavy (non-hydrogen) atoms. The highest BCUT2D eigenvalue weighted by Crippen LogP contribution is 2.34. The first-order chi connectivity index (χ1) is 9.09. The number of likely N-dealkylation sites (tertiary alicyclic amines) is 1. The molecule has 0 spiro atoms. The Morgan fingerprint density at radius 3 is 2.21 bits per heavy atom. The predicted octanol–water partition coefficient (Wildman–Crippen LogP) is 3.62. The van der Waals surface area contributed by atoms with Gasteiger partial charge in [-0.15, -0.1) is 0 Å². The van der Waals surface area contributed by atoms with Crippen LogP contribution in [0.3, 0.4) is 0 Å². The van der Waals surface area contributed by atoms with Crippen LogP contribution in [0.15, 0.2) is 30.3 Å². The lowest BCUT2D eigenvalue weighted by Crippen LogP contribution is -2.38. The van der Waals surface area contributed by atoms with Gasteiger partial charge < -0.3 is 10.0 Å². The molecule has 0 radical (unpaired) electrons. The van der Waals surface area contributed by atoms with Gasteiger partial charge in [-0.3, -0.25) is 0 Å². The van der Waals surface area contributed by atoms with Crippen molar-refractivity contribution in [2.24, 2.45) is 5.41 Å². The molecule has 0 amide bonds. The fourth-order valence-corrected chi connectivity index (χ4v) is 3.04. The van der Waals surface area contributed by atoms with Gasteiger partial charge in [0.15, 0.2) is 0 Å². The molecule has 0 saturated carbocycles. The van der Waals surface area contributed by atoms with Gasteiger partial charge in [-0.1, -0.05) is 57.0 Å². The summed E-state index contributed by atoms with van der Waals surface area (Å²) in [6, 6.07) is 10.0. The normalized spacial score (nSPS) is 19.9. The van der Waals surface area contributed by atoms with Crippen LogP contribution in [0.1, 0.15) is 51.2 Å². The van der Waals surface area contributed by atoms with Gasteiger partial charge in [0, 0.05) is 12.0 Å². The van der Waals surface area contributed by atoms with Crippen molar-refractivity contribution in [1.29, 1.82) is 0 Å². The zero-order valence-corrected chi connectivity index (χ0v) is 12.3. The van der Waals surface area contributed by atoms with Crippen LogP contribution in [0.25, 0.3) is 0 Å². The van der Waals surface area contributed by atoms with Gasteiger partial charge in [-0.25, -0.2) is 0 Å². The number of aliphatic hydroxyl groups excluding tert-OH is 1. The van der Waals surface area contributed by atoms with Gasteiger partial charge in [0.25, 0.3) is 0 Å². The molecule has 2 rings (SSSR count). The number of hydrogen-bond acceptors (Lipinski definition) is 2. The molecular formula is C17H27NO. The van der Waals surface area contributed by atoms with E-state index in [0.29, 0.717) is 0 Å². The van der Waals surface area contributed by atoms with E-state index < -0.39 is 6.10 Å². The van der Waals surface area contributed by atoms with E-state index in [2.05, 4.69) is 18.7 Å². The van der Waals surface area contributed by atoms with Gasteiger partial charge in [0.2, 0.25) is 0 Å². The average Bonchev–Trinajstić information content (AvgIpc) is 2.67. The van der Waals surface area contributed by atoms with E-state index in [9.17, 15) is 5.11 Å². The largest absolute Gasteiger partial charge is 0.388 e. The number of benzene rings is 1. The summed E-state index contributed by atoms with van der Waals surface area (Å²) in [6.45, 7) is 7.70. The van der Waals surface area contributed by atoms with Crippen LogP contribution in [0.5, 0.6) is 0 Å². The Labute approximate surface area is 117 Å². The molecule has 2 nitrogen and oxygen atoms in total. The fourth-order valence-electron chi connectivity index (χ4n) is 3.04. The molecule has 1 aromatic carbocycles. The molecule has 1 atom stereocenters. The third kappa shape index (κ3) is 4.05. The van der Waals surface area contributed by atoms with Crippen LogP contribution in [-0.4, -0.2) is 29.6 Å². The molecule has 0 aliphatic carbocycles. The highest BCUT2D eigenvalue weighted by molar-refractivity contribution is 5.19. The maximum absolute atomic E-state index is 10.6. The lowest BCUT2D eigenvalue weighted by atomic mass is 9.82. The van der Waals surface area contributed by atoms with E-state index in [4.69, 9.17) is 0 Å². The molecule has 1 heterocycles. The first-order valence-corrected chi connectivity index (χ1v) is 7.55. The second-order valence-corrected chi connectivity index (χ2v) is 6.49. The van der Waals surface area contributed by atoms with Crippen molar-refractivity contribution >= 4 is 0 Å². The number of rotatable bonds is 4. The van der Waals surface area contributed by atoms with E-state index in [1.165, 1.54) is 38.8 Å². The molecule has 1 aliphatic heterocycles. The number of aliphatic hydroxyl groups is 1. The van der Waals surface area contributed by atoms with Crippen molar-refractivity contribution in [2.45, 2.75) is 45.6 Å². The van der Waals surface area contributed by atoms with E-state index in [1.807, 2.05) is 30.3 Å². The smallest absolute Gasteiger partial charge is 0.0853 e. The van der Waals surface area contributed by atoms with Crippen molar-refractivity contribution in [2.75, 3.05) is 19.6 Å². The van der Waals surface area contributed by atoms with Crippen LogP contribution in [0.2, 0.25) is 0 Å². The highest BCUT2D eigenvalue weighted by Gasteiger charge is 2.31. The molecule has 2 heteroatoms. The fraction of sp³-hybridized carbons (Fsp3) is 0.647. The molecule has 1 fully saturated rings. The standard InChI is InChI=1S/C17H27NO/c1-17(2,14-18-12-8-3-4-9-13-18)16(19)15-10-6-5-7-11-15/h5-7,10-11,16,19H,3-4,8-9,12-14H2,1-2H3. The summed E-state index contributed by atoms with van der Waals surface area (Å²) in [5, 5.41) is 10.6. The molecule has 106 valence electrons. The molecule has 1 aliphatic rings. The third-order valence-corrected chi connectivity index (χ3v) is 4.19. The van der Waals surface area contributed by atoms with Crippen molar-refractivity contribution < 1.29 is 5.11 Å². The summed E-state index contributed by atoms with van der Waals surface area (Å²) < 4.78 is 0. The molecule has 1 unspecified atom stereocenters. The van der Waals surface area contributed by atoms with Crippen LogP contribution in [0, 0.1) is 5.41 Å². The zero-order valence-electron chi connectivity index (χ0n) is 12.3. The quantitative estimate of drug-likeness (QED) is 0.895. The highest BCUT2D eigenvalue weighted by atomic mass is 16.3. The topological polar surface area (TPSA) is 23.5 Å². The third-order valence-electron chi connectivity index (χ3n) is 4.19. The Morgan fingerprint density at radius 1 is 1.05 bits per heavy atom.